The molecule has 0 amide bonds. The van der Waals surface area contributed by atoms with E-state index in [-0.39, 0.29) is 5.28 Å². The van der Waals surface area contributed by atoms with Crippen molar-refractivity contribution in [3.63, 3.8) is 0 Å². The molecule has 7 heteroatoms. The third-order valence-corrected chi connectivity index (χ3v) is 4.30. The third-order valence-electron chi connectivity index (χ3n) is 2.40. The number of aryl methyl sites for hydroxylation is 1. The summed E-state index contributed by atoms with van der Waals surface area (Å²) in [7, 11) is 0. The first-order chi connectivity index (χ1) is 8.72. The number of aromatic nitrogens is 3. The second-order valence-corrected chi connectivity index (χ2v) is 6.28. The highest BCUT2D eigenvalue weighted by molar-refractivity contribution is 7.18. The van der Waals surface area contributed by atoms with Gasteiger partial charge in [0.25, 0.3) is 0 Å². The fourth-order valence-electron chi connectivity index (χ4n) is 1.65. The van der Waals surface area contributed by atoms with Crippen molar-refractivity contribution >= 4 is 50.3 Å². The zero-order valence-electron chi connectivity index (χ0n) is 9.48. The minimum atomic E-state index is 0.274. The maximum Gasteiger partial charge on any atom is 0.225 e. The predicted molar refractivity (Wildman–Crippen MR) is 76.6 cm³/mol. The van der Waals surface area contributed by atoms with E-state index in [9.17, 15) is 0 Å². The summed E-state index contributed by atoms with van der Waals surface area (Å²) < 4.78 is 0. The molecule has 1 N–H and O–H groups in total. The molecule has 0 aliphatic carbocycles. The summed E-state index contributed by atoms with van der Waals surface area (Å²) in [4.78, 5) is 15.8. The van der Waals surface area contributed by atoms with E-state index in [4.69, 9.17) is 11.6 Å². The van der Waals surface area contributed by atoms with Crippen LogP contribution in [-0.2, 0) is 6.54 Å². The Morgan fingerprint density at radius 3 is 3.06 bits per heavy atom. The van der Waals surface area contributed by atoms with E-state index in [0.717, 1.165) is 20.9 Å². The first-order valence-corrected chi connectivity index (χ1v) is 7.35. The van der Waals surface area contributed by atoms with E-state index in [1.807, 2.05) is 18.6 Å². The molecule has 3 aromatic heterocycles. The first-order valence-electron chi connectivity index (χ1n) is 5.27. The normalized spacial score (nSPS) is 11.0. The van der Waals surface area contributed by atoms with E-state index >= 15 is 0 Å². The number of anilines is 1. The smallest absolute Gasteiger partial charge is 0.225 e. The SMILES string of the molecule is Cc1cc2c(NCc3cncs3)nc(Cl)nc2s1. The van der Waals surface area contributed by atoms with Gasteiger partial charge in [0.2, 0.25) is 5.28 Å². The van der Waals surface area contributed by atoms with Crippen molar-refractivity contribution in [3.05, 3.63) is 32.8 Å². The number of thiazole rings is 1. The summed E-state index contributed by atoms with van der Waals surface area (Å²) in [6.45, 7) is 2.75. The summed E-state index contributed by atoms with van der Waals surface area (Å²) in [6, 6.07) is 2.07. The summed E-state index contributed by atoms with van der Waals surface area (Å²) in [5.74, 6) is 0.780. The van der Waals surface area contributed by atoms with Crippen molar-refractivity contribution in [1.82, 2.24) is 15.0 Å². The number of rotatable bonds is 3. The van der Waals surface area contributed by atoms with Crippen LogP contribution in [0.2, 0.25) is 5.28 Å². The molecule has 0 bridgehead atoms. The highest BCUT2D eigenvalue weighted by Crippen LogP contribution is 2.29. The molecule has 18 heavy (non-hydrogen) atoms. The first kappa shape index (κ1) is 11.8. The Morgan fingerprint density at radius 2 is 2.28 bits per heavy atom. The van der Waals surface area contributed by atoms with Crippen LogP contribution >= 0.6 is 34.3 Å². The molecular formula is C11H9ClN4S2. The summed E-state index contributed by atoms with van der Waals surface area (Å²) in [5, 5.41) is 4.58. The Labute approximate surface area is 117 Å². The number of thiophene rings is 1. The molecule has 3 aromatic rings. The maximum atomic E-state index is 5.93. The molecule has 3 heterocycles. The van der Waals surface area contributed by atoms with Gasteiger partial charge in [-0.2, -0.15) is 0 Å². The van der Waals surface area contributed by atoms with Crippen LogP contribution in [0.25, 0.3) is 10.2 Å². The van der Waals surface area contributed by atoms with Crippen molar-refractivity contribution < 1.29 is 0 Å². The van der Waals surface area contributed by atoms with Crippen molar-refractivity contribution in [2.75, 3.05) is 5.32 Å². The lowest BCUT2D eigenvalue weighted by atomic mass is 10.3. The number of hydrogen-bond acceptors (Lipinski definition) is 6. The molecule has 0 saturated carbocycles. The monoisotopic (exact) mass is 296 g/mol. The maximum absolute atomic E-state index is 5.93. The van der Waals surface area contributed by atoms with Crippen molar-refractivity contribution in [1.29, 1.82) is 0 Å². The summed E-state index contributed by atoms with van der Waals surface area (Å²) in [5.41, 5.74) is 1.81. The zero-order chi connectivity index (χ0) is 12.5. The van der Waals surface area contributed by atoms with Crippen LogP contribution in [-0.4, -0.2) is 15.0 Å². The van der Waals surface area contributed by atoms with Gasteiger partial charge >= 0.3 is 0 Å². The van der Waals surface area contributed by atoms with Gasteiger partial charge in [0.1, 0.15) is 10.6 Å². The van der Waals surface area contributed by atoms with Gasteiger partial charge < -0.3 is 5.32 Å². The Kier molecular flexibility index (Phi) is 3.15. The number of fused-ring (bicyclic) bond motifs is 1. The molecule has 4 nitrogen and oxygen atoms in total. The van der Waals surface area contributed by atoms with Crippen LogP contribution in [0.15, 0.2) is 17.8 Å². The number of nitrogens with one attached hydrogen (secondary N) is 1. The quantitative estimate of drug-likeness (QED) is 0.748. The van der Waals surface area contributed by atoms with Gasteiger partial charge in [-0.3, -0.25) is 4.98 Å². The Bertz CT molecular complexity index is 678. The molecule has 92 valence electrons. The second kappa shape index (κ2) is 4.79. The van der Waals surface area contributed by atoms with Gasteiger partial charge in [0, 0.05) is 16.0 Å². The minimum Gasteiger partial charge on any atom is -0.364 e. The minimum absolute atomic E-state index is 0.274. The van der Waals surface area contributed by atoms with Crippen LogP contribution in [0.1, 0.15) is 9.75 Å². The lowest BCUT2D eigenvalue weighted by Gasteiger charge is -2.05. The molecule has 0 spiro atoms. The number of nitrogens with zero attached hydrogens (tertiary/aromatic N) is 3. The van der Waals surface area contributed by atoms with Gasteiger partial charge in [-0.1, -0.05) is 0 Å². The number of halogens is 1. The third kappa shape index (κ3) is 2.31. The van der Waals surface area contributed by atoms with Crippen LogP contribution in [0.5, 0.6) is 0 Å². The van der Waals surface area contributed by atoms with Gasteiger partial charge in [0.05, 0.1) is 17.4 Å². The Morgan fingerprint density at radius 1 is 1.39 bits per heavy atom. The topological polar surface area (TPSA) is 50.7 Å². The van der Waals surface area contributed by atoms with Crippen molar-refractivity contribution in [2.45, 2.75) is 13.5 Å². The molecule has 0 atom stereocenters. The molecule has 0 aromatic carbocycles. The molecule has 0 saturated heterocycles. The Balaban J connectivity index is 1.95. The van der Waals surface area contributed by atoms with Crippen LogP contribution in [0.3, 0.4) is 0 Å². The van der Waals surface area contributed by atoms with Gasteiger partial charge in [-0.05, 0) is 24.6 Å². The van der Waals surface area contributed by atoms with Gasteiger partial charge in [-0.15, -0.1) is 22.7 Å². The fraction of sp³-hybridized carbons (Fsp3) is 0.182. The van der Waals surface area contributed by atoms with E-state index < -0.39 is 0 Å². The molecular weight excluding hydrogens is 288 g/mol. The molecule has 0 fully saturated rings. The van der Waals surface area contributed by atoms with E-state index in [0.29, 0.717) is 6.54 Å². The fourth-order valence-corrected chi connectivity index (χ4v) is 3.28. The van der Waals surface area contributed by atoms with Crippen LogP contribution in [0.4, 0.5) is 5.82 Å². The molecule has 0 unspecified atom stereocenters. The van der Waals surface area contributed by atoms with Crippen molar-refractivity contribution in [2.24, 2.45) is 0 Å². The molecule has 0 aliphatic heterocycles. The molecule has 0 aliphatic rings. The standard InChI is InChI=1S/C11H9ClN4S2/c1-6-2-8-9(14-4-7-3-13-5-17-7)15-11(12)16-10(8)18-6/h2-3,5H,4H2,1H3,(H,14,15,16). The van der Waals surface area contributed by atoms with Crippen LogP contribution < -0.4 is 5.32 Å². The highest BCUT2D eigenvalue weighted by Gasteiger charge is 2.09. The predicted octanol–water partition coefficient (Wildman–Crippen LogP) is 3.72. The lowest BCUT2D eigenvalue weighted by Crippen LogP contribution is -2.01. The largest absolute Gasteiger partial charge is 0.364 e. The van der Waals surface area contributed by atoms with Gasteiger partial charge in [-0.25, -0.2) is 9.97 Å². The van der Waals surface area contributed by atoms with Crippen molar-refractivity contribution in [3.8, 4) is 0 Å². The van der Waals surface area contributed by atoms with Crippen LogP contribution in [0, 0.1) is 6.92 Å². The highest BCUT2D eigenvalue weighted by atomic mass is 35.5. The van der Waals surface area contributed by atoms with E-state index in [2.05, 4.69) is 26.3 Å². The van der Waals surface area contributed by atoms with E-state index in [1.54, 1.807) is 22.7 Å². The molecule has 3 rings (SSSR count). The summed E-state index contributed by atoms with van der Waals surface area (Å²) >= 11 is 9.16. The zero-order valence-corrected chi connectivity index (χ0v) is 11.9. The van der Waals surface area contributed by atoms with E-state index in [1.165, 1.54) is 4.88 Å². The average molecular weight is 297 g/mol. The lowest BCUT2D eigenvalue weighted by molar-refractivity contribution is 1.12. The average Bonchev–Trinajstić information content (AvgIpc) is 2.93. The Hall–Kier alpha value is -1.24. The number of hydrogen-bond donors (Lipinski definition) is 1. The second-order valence-electron chi connectivity index (χ2n) is 3.74. The summed E-state index contributed by atoms with van der Waals surface area (Å²) in [6.07, 6.45) is 1.84. The molecule has 0 radical (unpaired) electrons. The van der Waals surface area contributed by atoms with Gasteiger partial charge in [0.15, 0.2) is 0 Å².